The number of hydrogen-bond acceptors (Lipinski definition) is 4. The Morgan fingerprint density at radius 3 is 2.52 bits per heavy atom. The van der Waals surface area contributed by atoms with E-state index in [4.69, 9.17) is 0 Å². The lowest BCUT2D eigenvalue weighted by atomic mass is 9.84. The molecule has 6 heteroatoms. The van der Waals surface area contributed by atoms with Crippen LogP contribution in [0.15, 0.2) is 67.0 Å². The Labute approximate surface area is 170 Å². The molecule has 2 N–H and O–H groups in total. The molecule has 2 aliphatic rings. The van der Waals surface area contributed by atoms with Crippen molar-refractivity contribution in [2.45, 2.75) is 18.5 Å². The SMILES string of the molecule is Cn1cc(C(=O)N2CCC3NNC(c4ccc(-c5ccccc5)cc4)C3C2)cn1. The van der Waals surface area contributed by atoms with Crippen molar-refractivity contribution in [2.75, 3.05) is 13.1 Å². The lowest BCUT2D eigenvalue weighted by Crippen LogP contribution is -2.47. The van der Waals surface area contributed by atoms with E-state index < -0.39 is 0 Å². The number of hydrazine groups is 1. The highest BCUT2D eigenvalue weighted by atomic mass is 16.2. The molecule has 3 unspecified atom stereocenters. The second-order valence-electron chi connectivity index (χ2n) is 7.97. The van der Waals surface area contributed by atoms with Crippen LogP contribution in [0, 0.1) is 5.92 Å². The van der Waals surface area contributed by atoms with Gasteiger partial charge in [-0.15, -0.1) is 0 Å². The van der Waals surface area contributed by atoms with Gasteiger partial charge in [0.1, 0.15) is 0 Å². The maximum absolute atomic E-state index is 12.9. The van der Waals surface area contributed by atoms with E-state index in [1.165, 1.54) is 16.7 Å². The van der Waals surface area contributed by atoms with Crippen molar-refractivity contribution in [3.8, 4) is 11.1 Å². The summed E-state index contributed by atoms with van der Waals surface area (Å²) in [5.74, 6) is 0.411. The van der Waals surface area contributed by atoms with E-state index in [1.807, 2.05) is 18.0 Å². The average molecular weight is 387 g/mol. The first-order valence-corrected chi connectivity index (χ1v) is 10.1. The summed E-state index contributed by atoms with van der Waals surface area (Å²) in [6, 6.07) is 19.8. The topological polar surface area (TPSA) is 62.2 Å². The summed E-state index contributed by atoms with van der Waals surface area (Å²) < 4.78 is 1.68. The van der Waals surface area contributed by atoms with Crippen LogP contribution in [0.1, 0.15) is 28.4 Å². The van der Waals surface area contributed by atoms with Crippen molar-refractivity contribution in [3.63, 3.8) is 0 Å². The smallest absolute Gasteiger partial charge is 0.257 e. The van der Waals surface area contributed by atoms with Crippen molar-refractivity contribution < 1.29 is 4.79 Å². The molecule has 1 aromatic heterocycles. The molecular formula is C23H25N5O. The predicted octanol–water partition coefficient (Wildman–Crippen LogP) is 2.77. The Morgan fingerprint density at radius 1 is 1.03 bits per heavy atom. The van der Waals surface area contributed by atoms with Crippen LogP contribution in [0.25, 0.3) is 11.1 Å². The van der Waals surface area contributed by atoms with Gasteiger partial charge in [-0.05, 0) is 23.1 Å². The Kier molecular flexibility index (Phi) is 4.66. The summed E-state index contributed by atoms with van der Waals surface area (Å²) in [4.78, 5) is 14.8. The second kappa shape index (κ2) is 7.46. The van der Waals surface area contributed by atoms with Crippen LogP contribution in [0.5, 0.6) is 0 Å². The lowest BCUT2D eigenvalue weighted by molar-refractivity contribution is 0.0652. The van der Waals surface area contributed by atoms with Crippen LogP contribution >= 0.6 is 0 Å². The number of fused-ring (bicyclic) bond motifs is 1. The molecule has 2 fully saturated rings. The molecule has 148 valence electrons. The van der Waals surface area contributed by atoms with Gasteiger partial charge in [-0.25, -0.2) is 5.43 Å². The van der Waals surface area contributed by atoms with E-state index >= 15 is 0 Å². The number of carbonyl (C=O) groups is 1. The Morgan fingerprint density at radius 2 is 1.79 bits per heavy atom. The highest BCUT2D eigenvalue weighted by Crippen LogP contribution is 2.35. The van der Waals surface area contributed by atoms with Gasteiger partial charge < -0.3 is 4.90 Å². The maximum Gasteiger partial charge on any atom is 0.257 e. The minimum Gasteiger partial charge on any atom is -0.338 e. The van der Waals surface area contributed by atoms with Crippen LogP contribution in [-0.4, -0.2) is 39.7 Å². The summed E-state index contributed by atoms with van der Waals surface area (Å²) in [5.41, 5.74) is 11.3. The third-order valence-electron chi connectivity index (χ3n) is 6.13. The van der Waals surface area contributed by atoms with E-state index in [2.05, 4.69) is 64.5 Å². The van der Waals surface area contributed by atoms with Crippen LogP contribution in [-0.2, 0) is 7.05 Å². The van der Waals surface area contributed by atoms with E-state index in [1.54, 1.807) is 17.1 Å². The zero-order valence-electron chi connectivity index (χ0n) is 16.5. The summed E-state index contributed by atoms with van der Waals surface area (Å²) in [6.45, 7) is 1.51. The molecule has 2 aromatic carbocycles. The van der Waals surface area contributed by atoms with Crippen molar-refractivity contribution >= 4 is 5.91 Å². The van der Waals surface area contributed by atoms with Gasteiger partial charge in [-0.1, -0.05) is 54.6 Å². The van der Waals surface area contributed by atoms with Crippen LogP contribution in [0.2, 0.25) is 0 Å². The lowest BCUT2D eigenvalue weighted by Gasteiger charge is -2.36. The largest absolute Gasteiger partial charge is 0.338 e. The van der Waals surface area contributed by atoms with Gasteiger partial charge in [-0.2, -0.15) is 5.10 Å². The van der Waals surface area contributed by atoms with Crippen LogP contribution < -0.4 is 10.9 Å². The number of aromatic nitrogens is 2. The number of carbonyl (C=O) groups excluding carboxylic acids is 1. The molecule has 5 rings (SSSR count). The van der Waals surface area contributed by atoms with Crippen molar-refractivity contribution in [2.24, 2.45) is 13.0 Å². The monoisotopic (exact) mass is 387 g/mol. The molecule has 3 heterocycles. The van der Waals surface area contributed by atoms with Crippen LogP contribution in [0.4, 0.5) is 0 Å². The molecular weight excluding hydrogens is 362 g/mol. The zero-order valence-corrected chi connectivity index (χ0v) is 16.5. The highest BCUT2D eigenvalue weighted by molar-refractivity contribution is 5.93. The van der Waals surface area contributed by atoms with Gasteiger partial charge in [0.15, 0.2) is 0 Å². The quantitative estimate of drug-likeness (QED) is 0.726. The number of piperidine rings is 1. The first kappa shape index (κ1) is 18.1. The highest BCUT2D eigenvalue weighted by Gasteiger charge is 2.41. The Bertz CT molecular complexity index is 998. The van der Waals surface area contributed by atoms with Gasteiger partial charge in [0.05, 0.1) is 17.8 Å². The molecule has 0 saturated carbocycles. The number of nitrogens with zero attached hydrogens (tertiary/aromatic N) is 3. The van der Waals surface area contributed by atoms with Gasteiger partial charge in [-0.3, -0.25) is 14.9 Å². The number of aryl methyl sites for hydroxylation is 1. The van der Waals surface area contributed by atoms with Gasteiger partial charge in [0.2, 0.25) is 0 Å². The maximum atomic E-state index is 12.9. The molecule has 3 aromatic rings. The fourth-order valence-corrected chi connectivity index (χ4v) is 4.55. The molecule has 1 amide bonds. The second-order valence-corrected chi connectivity index (χ2v) is 7.97. The Balaban J connectivity index is 1.33. The number of nitrogens with one attached hydrogen (secondary N) is 2. The Hall–Kier alpha value is -2.96. The third kappa shape index (κ3) is 3.45. The van der Waals surface area contributed by atoms with Gasteiger partial charge >= 0.3 is 0 Å². The van der Waals surface area contributed by atoms with Gasteiger partial charge in [0, 0.05) is 38.3 Å². The fourth-order valence-electron chi connectivity index (χ4n) is 4.55. The zero-order chi connectivity index (χ0) is 19.8. The molecule has 6 nitrogen and oxygen atoms in total. The minimum absolute atomic E-state index is 0.0709. The molecule has 2 aliphatic heterocycles. The number of hydrogen-bond donors (Lipinski definition) is 2. The number of likely N-dealkylation sites (tertiary alicyclic amines) is 1. The molecule has 3 atom stereocenters. The summed E-state index contributed by atoms with van der Waals surface area (Å²) >= 11 is 0. The molecule has 0 radical (unpaired) electrons. The van der Waals surface area contributed by atoms with Crippen molar-refractivity contribution in [1.29, 1.82) is 0 Å². The van der Waals surface area contributed by atoms with Crippen molar-refractivity contribution in [3.05, 3.63) is 78.1 Å². The van der Waals surface area contributed by atoms with E-state index in [0.717, 1.165) is 19.5 Å². The van der Waals surface area contributed by atoms with Gasteiger partial charge in [0.25, 0.3) is 5.91 Å². The molecule has 29 heavy (non-hydrogen) atoms. The summed E-state index contributed by atoms with van der Waals surface area (Å²) in [6.07, 6.45) is 4.39. The van der Waals surface area contributed by atoms with E-state index in [-0.39, 0.29) is 11.9 Å². The standard InChI is InChI=1S/C23H25N5O/c1-27-14-19(13-24-27)23(29)28-12-11-21-20(15-28)22(26-25-21)18-9-7-17(8-10-18)16-5-3-2-4-6-16/h2-10,13-14,20-22,25-26H,11-12,15H2,1H3. The molecule has 0 bridgehead atoms. The summed E-state index contributed by atoms with van der Waals surface area (Å²) in [7, 11) is 1.84. The molecule has 2 saturated heterocycles. The number of amides is 1. The van der Waals surface area contributed by atoms with Crippen LogP contribution in [0.3, 0.4) is 0 Å². The van der Waals surface area contributed by atoms with Crippen molar-refractivity contribution in [1.82, 2.24) is 25.5 Å². The average Bonchev–Trinajstić information content (AvgIpc) is 3.40. The van der Waals surface area contributed by atoms with E-state index in [9.17, 15) is 4.79 Å². The molecule has 0 aliphatic carbocycles. The predicted molar refractivity (Wildman–Crippen MR) is 112 cm³/mol. The summed E-state index contributed by atoms with van der Waals surface area (Å²) in [5, 5.41) is 4.14. The number of rotatable bonds is 3. The van der Waals surface area contributed by atoms with E-state index in [0.29, 0.717) is 17.5 Å². The normalized spacial score (nSPS) is 23.8. The first-order valence-electron chi connectivity index (χ1n) is 10.1. The minimum atomic E-state index is 0.0709. The first-order chi connectivity index (χ1) is 14.2. The third-order valence-corrected chi connectivity index (χ3v) is 6.13. The fraction of sp³-hybridized carbons (Fsp3) is 0.304. The molecule has 0 spiro atoms. The number of benzene rings is 2.